The largest absolute Gasteiger partial charge is 0.487 e. The number of carboxylic acids is 2. The molecule has 0 unspecified atom stereocenters. The average Bonchev–Trinajstić information content (AvgIpc) is 2.66. The molecule has 0 spiro atoms. The molecule has 156 valence electrons. The van der Waals surface area contributed by atoms with Gasteiger partial charge in [-0.25, -0.2) is 9.59 Å². The van der Waals surface area contributed by atoms with Gasteiger partial charge in [0.15, 0.2) is 11.5 Å². The molecule has 0 saturated heterocycles. The lowest BCUT2D eigenvalue weighted by atomic mass is 10.1. The van der Waals surface area contributed by atoms with Crippen molar-refractivity contribution in [1.29, 1.82) is 0 Å². The number of hydrogen-bond donors (Lipinski definition) is 2. The lowest BCUT2D eigenvalue weighted by Gasteiger charge is -2.16. The molecule has 0 bridgehead atoms. The fourth-order valence-electron chi connectivity index (χ4n) is 2.32. The molecule has 1 aromatic rings. The van der Waals surface area contributed by atoms with Crippen LogP contribution in [-0.4, -0.2) is 88.2 Å². The summed E-state index contributed by atoms with van der Waals surface area (Å²) in [5, 5.41) is 18.5. The Balaban J connectivity index is 2.11. The highest BCUT2D eigenvalue weighted by Crippen LogP contribution is 2.31. The molecule has 0 saturated carbocycles. The zero-order chi connectivity index (χ0) is 20.2. The summed E-state index contributed by atoms with van der Waals surface area (Å²) in [5.41, 5.74) is -0.778. The number of carbonyl (C=O) groups is 2. The first-order valence-electron chi connectivity index (χ1n) is 8.81. The van der Waals surface area contributed by atoms with Gasteiger partial charge in [0.25, 0.3) is 0 Å². The molecule has 1 aliphatic heterocycles. The average molecular weight is 400 g/mol. The second kappa shape index (κ2) is 12.1. The summed E-state index contributed by atoms with van der Waals surface area (Å²) in [6.45, 7) is 3.21. The lowest BCUT2D eigenvalue weighted by Crippen LogP contribution is -2.16. The predicted molar refractivity (Wildman–Crippen MR) is 94.6 cm³/mol. The first-order valence-corrected chi connectivity index (χ1v) is 8.81. The number of rotatable bonds is 2. The minimum Gasteiger partial charge on any atom is -0.487 e. The van der Waals surface area contributed by atoms with Crippen molar-refractivity contribution in [2.45, 2.75) is 0 Å². The molecule has 0 aliphatic carbocycles. The molecule has 1 aliphatic rings. The highest BCUT2D eigenvalue weighted by Gasteiger charge is 2.21. The van der Waals surface area contributed by atoms with Crippen molar-refractivity contribution in [3.05, 3.63) is 23.3 Å². The van der Waals surface area contributed by atoms with Gasteiger partial charge in [0, 0.05) is 0 Å². The van der Waals surface area contributed by atoms with Crippen LogP contribution in [0.3, 0.4) is 0 Å². The zero-order valence-corrected chi connectivity index (χ0v) is 15.4. The number of carboxylic acid groups (broad SMARTS) is 2. The van der Waals surface area contributed by atoms with Gasteiger partial charge in [0.1, 0.15) is 13.2 Å². The van der Waals surface area contributed by atoms with E-state index in [4.69, 9.17) is 28.4 Å². The van der Waals surface area contributed by atoms with Crippen molar-refractivity contribution in [2.75, 3.05) is 66.1 Å². The topological polar surface area (TPSA) is 130 Å². The Bertz CT molecular complexity index is 590. The highest BCUT2D eigenvalue weighted by molar-refractivity contribution is 6.02. The van der Waals surface area contributed by atoms with Gasteiger partial charge in [-0.3, -0.25) is 0 Å². The first kappa shape index (κ1) is 21.9. The molecule has 10 nitrogen and oxygen atoms in total. The maximum Gasteiger partial charge on any atom is 0.336 e. The van der Waals surface area contributed by atoms with Gasteiger partial charge in [-0.2, -0.15) is 0 Å². The smallest absolute Gasteiger partial charge is 0.336 e. The summed E-state index contributed by atoms with van der Waals surface area (Å²) in [5.74, 6) is -2.52. The summed E-state index contributed by atoms with van der Waals surface area (Å²) in [6, 6.07) is 2.27. The van der Waals surface area contributed by atoms with Crippen LogP contribution in [0.15, 0.2) is 12.1 Å². The van der Waals surface area contributed by atoms with Gasteiger partial charge < -0.3 is 38.6 Å². The van der Waals surface area contributed by atoms with Crippen LogP contribution >= 0.6 is 0 Å². The third-order valence-electron chi connectivity index (χ3n) is 3.63. The van der Waals surface area contributed by atoms with Crippen LogP contribution in [0.4, 0.5) is 0 Å². The maximum absolute atomic E-state index is 11.4. The molecule has 2 rings (SSSR count). The Morgan fingerprint density at radius 1 is 0.571 bits per heavy atom. The number of benzene rings is 1. The Morgan fingerprint density at radius 3 is 1.14 bits per heavy atom. The van der Waals surface area contributed by atoms with Gasteiger partial charge in [0.05, 0.1) is 64.0 Å². The van der Waals surface area contributed by atoms with E-state index in [1.54, 1.807) is 0 Å². The molecule has 0 fully saturated rings. The second-order valence-electron chi connectivity index (χ2n) is 5.60. The van der Waals surface area contributed by atoms with Crippen molar-refractivity contribution in [2.24, 2.45) is 0 Å². The molecule has 0 radical (unpaired) electrons. The molecule has 1 aromatic carbocycles. The molecule has 0 atom stereocenters. The third-order valence-corrected chi connectivity index (χ3v) is 3.63. The number of ether oxygens (including phenoxy) is 6. The van der Waals surface area contributed by atoms with E-state index in [1.807, 2.05) is 0 Å². The Hall–Kier alpha value is -2.40. The van der Waals surface area contributed by atoms with E-state index in [1.165, 1.54) is 0 Å². The second-order valence-corrected chi connectivity index (χ2v) is 5.60. The Labute approximate surface area is 161 Å². The van der Waals surface area contributed by atoms with Crippen LogP contribution < -0.4 is 9.47 Å². The van der Waals surface area contributed by atoms with E-state index >= 15 is 0 Å². The summed E-state index contributed by atoms with van der Waals surface area (Å²) < 4.78 is 32.5. The normalized spacial score (nSPS) is 17.9. The summed E-state index contributed by atoms with van der Waals surface area (Å²) in [7, 11) is 0. The van der Waals surface area contributed by atoms with Gasteiger partial charge in [-0.15, -0.1) is 0 Å². The van der Waals surface area contributed by atoms with Crippen molar-refractivity contribution >= 4 is 11.9 Å². The maximum atomic E-state index is 11.4. The fraction of sp³-hybridized carbons (Fsp3) is 0.556. The fourth-order valence-corrected chi connectivity index (χ4v) is 2.32. The van der Waals surface area contributed by atoms with Crippen LogP contribution in [-0.2, 0) is 18.9 Å². The van der Waals surface area contributed by atoms with E-state index in [-0.39, 0.29) is 49.1 Å². The molecular formula is C18H24O10. The van der Waals surface area contributed by atoms with Crippen molar-refractivity contribution in [3.63, 3.8) is 0 Å². The molecule has 2 N–H and O–H groups in total. The molecule has 10 heteroatoms. The SMILES string of the molecule is O=C(O)c1cc2c(cc1C(=O)O)OCCOCCOCCOCCOCCO2. The lowest BCUT2D eigenvalue weighted by molar-refractivity contribution is -0.00842. The summed E-state index contributed by atoms with van der Waals surface area (Å²) in [6.07, 6.45) is 0. The monoisotopic (exact) mass is 400 g/mol. The van der Waals surface area contributed by atoms with E-state index in [0.717, 1.165) is 12.1 Å². The van der Waals surface area contributed by atoms with Gasteiger partial charge in [-0.1, -0.05) is 0 Å². The minimum absolute atomic E-state index is 0.117. The van der Waals surface area contributed by atoms with Crippen molar-refractivity contribution in [3.8, 4) is 11.5 Å². The van der Waals surface area contributed by atoms with E-state index in [2.05, 4.69) is 0 Å². The van der Waals surface area contributed by atoms with Gasteiger partial charge in [-0.05, 0) is 12.1 Å². The van der Waals surface area contributed by atoms with Gasteiger partial charge in [0.2, 0.25) is 0 Å². The van der Waals surface area contributed by atoms with E-state index in [0.29, 0.717) is 39.6 Å². The highest BCUT2D eigenvalue weighted by atomic mass is 16.6. The quantitative estimate of drug-likeness (QED) is 0.739. The summed E-state index contributed by atoms with van der Waals surface area (Å²) in [4.78, 5) is 22.7. The molecule has 0 amide bonds. The zero-order valence-electron chi connectivity index (χ0n) is 15.4. The number of hydrogen-bond acceptors (Lipinski definition) is 8. The molecular weight excluding hydrogens is 376 g/mol. The molecule has 28 heavy (non-hydrogen) atoms. The van der Waals surface area contributed by atoms with Crippen LogP contribution in [0.5, 0.6) is 11.5 Å². The Kier molecular flexibility index (Phi) is 9.49. The molecule has 1 heterocycles. The third kappa shape index (κ3) is 7.31. The standard InChI is InChI=1S/C18H24O10/c19-17(20)13-11-15-16(12-14(13)18(21)22)28-10-8-26-6-4-24-2-1-23-3-5-25-7-9-27-15/h11-12H,1-10H2,(H,19,20)(H,21,22). The summed E-state index contributed by atoms with van der Waals surface area (Å²) >= 11 is 0. The first-order chi connectivity index (χ1) is 13.6. The Morgan fingerprint density at radius 2 is 0.857 bits per heavy atom. The van der Waals surface area contributed by atoms with Crippen molar-refractivity contribution < 1.29 is 48.2 Å². The van der Waals surface area contributed by atoms with Crippen LogP contribution in [0.1, 0.15) is 20.7 Å². The van der Waals surface area contributed by atoms with Crippen LogP contribution in [0.25, 0.3) is 0 Å². The van der Waals surface area contributed by atoms with Gasteiger partial charge >= 0.3 is 11.9 Å². The number of fused-ring (bicyclic) bond motifs is 1. The predicted octanol–water partition coefficient (Wildman–Crippen LogP) is 0.921. The van der Waals surface area contributed by atoms with Crippen molar-refractivity contribution in [1.82, 2.24) is 0 Å². The van der Waals surface area contributed by atoms with Crippen LogP contribution in [0, 0.1) is 0 Å². The minimum atomic E-state index is -1.38. The van der Waals surface area contributed by atoms with Crippen LogP contribution in [0.2, 0.25) is 0 Å². The molecule has 0 aromatic heterocycles. The number of aromatic carboxylic acids is 2. The van der Waals surface area contributed by atoms with E-state index in [9.17, 15) is 19.8 Å². The van der Waals surface area contributed by atoms with E-state index < -0.39 is 11.9 Å².